The van der Waals surface area contributed by atoms with Gasteiger partial charge in [-0.2, -0.15) is 0 Å². The highest BCUT2D eigenvalue weighted by Crippen LogP contribution is 2.48. The second kappa shape index (κ2) is 7.93. The zero-order valence-electron chi connectivity index (χ0n) is 14.9. The van der Waals surface area contributed by atoms with Crippen LogP contribution in [0.1, 0.15) is 11.1 Å². The van der Waals surface area contributed by atoms with E-state index in [1.165, 1.54) is 0 Å². The Morgan fingerprint density at radius 1 is 0.889 bits per heavy atom. The Morgan fingerprint density at radius 2 is 1.48 bits per heavy atom. The van der Waals surface area contributed by atoms with Crippen LogP contribution in [-0.2, 0) is 12.0 Å². The molecule has 1 atom stereocenters. The van der Waals surface area contributed by atoms with Crippen LogP contribution in [-0.4, -0.2) is 32.1 Å². The summed E-state index contributed by atoms with van der Waals surface area (Å²) in [5, 5.41) is 20.3. The van der Waals surface area contributed by atoms with Gasteiger partial charge in [-0.05, 0) is 104 Å². The number of phenols is 1. The zero-order chi connectivity index (χ0) is 20.0. The van der Waals surface area contributed by atoms with Crippen LogP contribution in [0.4, 0.5) is 0 Å². The van der Waals surface area contributed by atoms with E-state index in [0.717, 1.165) is 25.8 Å². The van der Waals surface area contributed by atoms with Gasteiger partial charge in [0.05, 0.1) is 13.4 Å². The van der Waals surface area contributed by atoms with Gasteiger partial charge < -0.3 is 15.2 Å². The molecule has 0 aliphatic carbocycles. The smallest absolute Gasteiger partial charge is 0.240 e. The SMILES string of the molecule is CNC1(NC)Oc2c(Br)cc(Br)cc2CC1(NC)c1cc(Br)c(O)c(Br)c1. The molecular formula is C18H19Br4N3O2. The number of rotatable bonds is 4. The summed E-state index contributed by atoms with van der Waals surface area (Å²) in [7, 11) is 5.61. The number of likely N-dealkylation sites (N-methyl/N-ethyl adjacent to an activating group) is 3. The van der Waals surface area contributed by atoms with E-state index in [9.17, 15) is 5.11 Å². The molecular weight excluding hydrogens is 610 g/mol. The molecule has 5 nitrogen and oxygen atoms in total. The Balaban J connectivity index is 2.31. The Morgan fingerprint density at radius 3 is 2.00 bits per heavy atom. The molecule has 1 aliphatic rings. The van der Waals surface area contributed by atoms with Gasteiger partial charge in [0.25, 0.3) is 0 Å². The number of benzene rings is 2. The topological polar surface area (TPSA) is 65.5 Å². The third-order valence-electron chi connectivity index (χ3n) is 5.04. The molecule has 0 saturated carbocycles. The van der Waals surface area contributed by atoms with E-state index >= 15 is 0 Å². The molecule has 0 bridgehead atoms. The average Bonchev–Trinajstić information content (AvgIpc) is 2.64. The Kier molecular flexibility index (Phi) is 6.33. The van der Waals surface area contributed by atoms with Crippen molar-refractivity contribution in [1.29, 1.82) is 0 Å². The Hall–Kier alpha value is -0.160. The molecule has 9 heteroatoms. The van der Waals surface area contributed by atoms with Crippen LogP contribution >= 0.6 is 63.7 Å². The lowest BCUT2D eigenvalue weighted by Crippen LogP contribution is -2.77. The predicted molar refractivity (Wildman–Crippen MR) is 121 cm³/mol. The van der Waals surface area contributed by atoms with Gasteiger partial charge in [0.2, 0.25) is 5.85 Å². The van der Waals surface area contributed by atoms with Crippen LogP contribution < -0.4 is 20.7 Å². The third-order valence-corrected chi connectivity index (χ3v) is 7.29. The molecule has 0 fully saturated rings. The van der Waals surface area contributed by atoms with Gasteiger partial charge in [0, 0.05) is 10.9 Å². The standard InChI is InChI=1S/C18H19Br4N3O2/c1-23-17(10-5-12(20)15(26)13(21)6-10)8-9-4-11(19)7-14(22)16(9)27-18(17,24-2)25-3/h4-7,23-26H,8H2,1-3H3. The van der Waals surface area contributed by atoms with Crippen LogP contribution in [0.25, 0.3) is 0 Å². The fraction of sp³-hybridized carbons (Fsp3) is 0.333. The summed E-state index contributed by atoms with van der Waals surface area (Å²) in [4.78, 5) is 0. The number of halogens is 4. The van der Waals surface area contributed by atoms with Crippen LogP contribution in [0.2, 0.25) is 0 Å². The Labute approximate surface area is 192 Å². The van der Waals surface area contributed by atoms with Crippen molar-refractivity contribution in [3.8, 4) is 11.5 Å². The first kappa shape index (κ1) is 21.5. The minimum atomic E-state index is -0.944. The highest BCUT2D eigenvalue weighted by Gasteiger charge is 2.56. The van der Waals surface area contributed by atoms with E-state index in [2.05, 4.69) is 85.7 Å². The highest BCUT2D eigenvalue weighted by atomic mass is 79.9. The summed E-state index contributed by atoms with van der Waals surface area (Å²) >= 11 is 14.1. The van der Waals surface area contributed by atoms with Gasteiger partial charge in [-0.1, -0.05) is 15.9 Å². The molecule has 1 heterocycles. The summed E-state index contributed by atoms with van der Waals surface area (Å²) in [5.74, 6) is -0.00200. The number of phenolic OH excluding ortho intramolecular Hbond substituents is 1. The normalized spacial score (nSPS) is 20.9. The van der Waals surface area contributed by atoms with E-state index in [4.69, 9.17) is 4.74 Å². The monoisotopic (exact) mass is 625 g/mol. The summed E-state index contributed by atoms with van der Waals surface area (Å²) in [6.45, 7) is 0. The van der Waals surface area contributed by atoms with E-state index < -0.39 is 11.4 Å². The molecule has 146 valence electrons. The zero-order valence-corrected chi connectivity index (χ0v) is 21.2. The number of ether oxygens (including phenoxy) is 1. The molecule has 2 aromatic carbocycles. The molecule has 1 aliphatic heterocycles. The van der Waals surface area contributed by atoms with Crippen LogP contribution in [0.3, 0.4) is 0 Å². The van der Waals surface area contributed by atoms with Crippen molar-refractivity contribution in [2.75, 3.05) is 21.1 Å². The maximum Gasteiger partial charge on any atom is 0.240 e. The van der Waals surface area contributed by atoms with Crippen molar-refractivity contribution in [3.05, 3.63) is 53.3 Å². The molecule has 4 N–H and O–H groups in total. The molecule has 1 unspecified atom stereocenters. The van der Waals surface area contributed by atoms with Gasteiger partial charge in [-0.15, -0.1) is 0 Å². The van der Waals surface area contributed by atoms with Crippen molar-refractivity contribution in [2.45, 2.75) is 17.8 Å². The van der Waals surface area contributed by atoms with Crippen LogP contribution in [0.15, 0.2) is 42.2 Å². The largest absolute Gasteiger partial charge is 0.506 e. The lowest BCUT2D eigenvalue weighted by atomic mass is 9.76. The first-order valence-electron chi connectivity index (χ1n) is 8.15. The van der Waals surface area contributed by atoms with Gasteiger partial charge >= 0.3 is 0 Å². The number of hydrogen-bond acceptors (Lipinski definition) is 5. The fourth-order valence-corrected chi connectivity index (χ4v) is 6.27. The maximum atomic E-state index is 10.2. The van der Waals surface area contributed by atoms with Crippen LogP contribution in [0.5, 0.6) is 11.5 Å². The van der Waals surface area contributed by atoms with Crippen LogP contribution in [0, 0.1) is 0 Å². The molecule has 0 aromatic heterocycles. The first-order chi connectivity index (χ1) is 12.7. The number of hydrogen-bond donors (Lipinski definition) is 4. The molecule has 2 aromatic rings. The summed E-state index contributed by atoms with van der Waals surface area (Å²) < 4.78 is 9.57. The predicted octanol–water partition coefficient (Wildman–Crippen LogP) is 4.58. The van der Waals surface area contributed by atoms with Gasteiger partial charge in [0.1, 0.15) is 17.0 Å². The van der Waals surface area contributed by atoms with E-state index in [1.807, 2.05) is 39.3 Å². The second-order valence-corrected chi connectivity index (χ2v) is 9.76. The second-order valence-electron chi connectivity index (χ2n) is 6.28. The van der Waals surface area contributed by atoms with E-state index in [1.54, 1.807) is 0 Å². The molecule has 0 amide bonds. The van der Waals surface area contributed by atoms with Crippen molar-refractivity contribution >= 4 is 63.7 Å². The number of fused-ring (bicyclic) bond motifs is 1. The number of nitrogens with one attached hydrogen (secondary N) is 3. The average molecular weight is 629 g/mol. The summed E-state index contributed by atoms with van der Waals surface area (Å²) in [6, 6.07) is 7.84. The molecule has 0 spiro atoms. The van der Waals surface area contributed by atoms with Crippen molar-refractivity contribution in [1.82, 2.24) is 16.0 Å². The number of aromatic hydroxyl groups is 1. The molecule has 27 heavy (non-hydrogen) atoms. The third kappa shape index (κ3) is 3.39. The maximum absolute atomic E-state index is 10.2. The summed E-state index contributed by atoms with van der Waals surface area (Å²) in [5.41, 5.74) is 1.31. The first-order valence-corrected chi connectivity index (χ1v) is 11.3. The van der Waals surface area contributed by atoms with E-state index in [0.29, 0.717) is 15.4 Å². The lowest BCUT2D eigenvalue weighted by Gasteiger charge is -2.53. The minimum Gasteiger partial charge on any atom is -0.506 e. The molecule has 3 rings (SSSR count). The molecule has 0 saturated heterocycles. The van der Waals surface area contributed by atoms with Gasteiger partial charge in [-0.3, -0.25) is 10.6 Å². The molecule has 0 radical (unpaired) electrons. The van der Waals surface area contributed by atoms with Crippen molar-refractivity contribution < 1.29 is 9.84 Å². The van der Waals surface area contributed by atoms with Crippen molar-refractivity contribution in [2.24, 2.45) is 0 Å². The summed E-state index contributed by atoms with van der Waals surface area (Å²) in [6.07, 6.45) is 0.641. The van der Waals surface area contributed by atoms with Crippen molar-refractivity contribution in [3.63, 3.8) is 0 Å². The van der Waals surface area contributed by atoms with E-state index in [-0.39, 0.29) is 5.75 Å². The van der Waals surface area contributed by atoms with Gasteiger partial charge in [0.15, 0.2) is 0 Å². The van der Waals surface area contributed by atoms with Gasteiger partial charge in [-0.25, -0.2) is 0 Å². The highest BCUT2D eigenvalue weighted by molar-refractivity contribution is 9.11. The minimum absolute atomic E-state index is 0.159. The fourth-order valence-electron chi connectivity index (χ4n) is 3.69. The quantitative estimate of drug-likeness (QED) is 0.374. The Bertz CT molecular complexity index is 866. The lowest BCUT2D eigenvalue weighted by molar-refractivity contribution is -0.0903.